The number of thioether (sulfide) groups is 1. The van der Waals surface area contributed by atoms with E-state index >= 15 is 0 Å². The highest BCUT2D eigenvalue weighted by molar-refractivity contribution is 7.98. The highest BCUT2D eigenvalue weighted by atomic mass is 32.2. The van der Waals surface area contributed by atoms with E-state index in [1.165, 1.54) is 28.3 Å². The molecule has 0 bridgehead atoms. The van der Waals surface area contributed by atoms with Gasteiger partial charge >= 0.3 is 0 Å². The number of rotatable bonds is 5. The van der Waals surface area contributed by atoms with Gasteiger partial charge in [0.2, 0.25) is 5.13 Å². The van der Waals surface area contributed by atoms with Crippen LogP contribution in [0.4, 0.5) is 5.13 Å². The maximum absolute atomic E-state index is 4.30. The molecule has 3 rings (SSSR count). The molecule has 100 valence electrons. The second-order valence-corrected chi connectivity index (χ2v) is 6.77. The van der Waals surface area contributed by atoms with E-state index in [1.807, 2.05) is 0 Å². The SMILES string of the molecule is CSc1ccc(CN(C)c2nnc(C3CC3)s2)cc1. The van der Waals surface area contributed by atoms with Gasteiger partial charge in [0, 0.05) is 24.4 Å². The van der Waals surface area contributed by atoms with Crippen LogP contribution in [-0.2, 0) is 6.54 Å². The maximum Gasteiger partial charge on any atom is 0.208 e. The van der Waals surface area contributed by atoms with Gasteiger partial charge in [0.1, 0.15) is 5.01 Å². The first-order valence-electron chi connectivity index (χ1n) is 6.43. The quantitative estimate of drug-likeness (QED) is 0.784. The molecule has 0 unspecified atom stereocenters. The summed E-state index contributed by atoms with van der Waals surface area (Å²) in [6, 6.07) is 8.71. The van der Waals surface area contributed by atoms with Gasteiger partial charge in [-0.25, -0.2) is 0 Å². The standard InChI is InChI=1S/C14H17N3S2/c1-17(9-10-3-7-12(18-2)8-4-10)14-16-15-13(19-14)11-5-6-11/h3-4,7-8,11H,5-6,9H2,1-2H3. The molecule has 0 saturated heterocycles. The first kappa shape index (κ1) is 12.9. The van der Waals surface area contributed by atoms with Crippen molar-refractivity contribution in [3.05, 3.63) is 34.8 Å². The van der Waals surface area contributed by atoms with Crippen molar-refractivity contribution >= 4 is 28.2 Å². The summed E-state index contributed by atoms with van der Waals surface area (Å²) in [5.41, 5.74) is 1.31. The zero-order chi connectivity index (χ0) is 13.2. The highest BCUT2D eigenvalue weighted by Gasteiger charge is 2.27. The number of anilines is 1. The van der Waals surface area contributed by atoms with Crippen LogP contribution >= 0.6 is 23.1 Å². The molecular weight excluding hydrogens is 274 g/mol. The molecule has 19 heavy (non-hydrogen) atoms. The maximum atomic E-state index is 4.30. The summed E-state index contributed by atoms with van der Waals surface area (Å²) in [6.45, 7) is 0.883. The van der Waals surface area contributed by atoms with Gasteiger partial charge in [-0.05, 0) is 36.8 Å². The Morgan fingerprint density at radius 1 is 1.26 bits per heavy atom. The third-order valence-electron chi connectivity index (χ3n) is 3.26. The lowest BCUT2D eigenvalue weighted by molar-refractivity contribution is 0.882. The van der Waals surface area contributed by atoms with Crippen LogP contribution in [0.2, 0.25) is 0 Å². The fraction of sp³-hybridized carbons (Fsp3) is 0.429. The summed E-state index contributed by atoms with van der Waals surface area (Å²) in [5.74, 6) is 0.695. The van der Waals surface area contributed by atoms with Crippen LogP contribution in [0.1, 0.15) is 29.3 Å². The lowest BCUT2D eigenvalue weighted by atomic mass is 10.2. The van der Waals surface area contributed by atoms with Gasteiger partial charge in [-0.15, -0.1) is 22.0 Å². The first-order valence-corrected chi connectivity index (χ1v) is 8.48. The Balaban J connectivity index is 1.66. The molecule has 0 atom stereocenters. The fourth-order valence-electron chi connectivity index (χ4n) is 1.95. The van der Waals surface area contributed by atoms with Gasteiger partial charge in [0.05, 0.1) is 0 Å². The lowest BCUT2D eigenvalue weighted by Gasteiger charge is -2.15. The first-order chi connectivity index (χ1) is 9.26. The van der Waals surface area contributed by atoms with E-state index in [1.54, 1.807) is 23.1 Å². The van der Waals surface area contributed by atoms with Crippen molar-refractivity contribution in [3.63, 3.8) is 0 Å². The molecule has 0 radical (unpaired) electrons. The molecule has 0 aliphatic heterocycles. The molecule has 3 nitrogen and oxygen atoms in total. The minimum absolute atomic E-state index is 0.695. The molecule has 1 heterocycles. The Morgan fingerprint density at radius 2 is 2.00 bits per heavy atom. The number of hydrogen-bond donors (Lipinski definition) is 0. The van der Waals surface area contributed by atoms with Crippen LogP contribution in [-0.4, -0.2) is 23.5 Å². The summed E-state index contributed by atoms with van der Waals surface area (Å²) < 4.78 is 0. The summed E-state index contributed by atoms with van der Waals surface area (Å²) in [7, 11) is 2.08. The monoisotopic (exact) mass is 291 g/mol. The second-order valence-electron chi connectivity index (χ2n) is 4.90. The van der Waals surface area contributed by atoms with Crippen LogP contribution in [0.3, 0.4) is 0 Å². The minimum atomic E-state index is 0.695. The molecule has 5 heteroatoms. The van der Waals surface area contributed by atoms with E-state index in [-0.39, 0.29) is 0 Å². The molecule has 0 spiro atoms. The van der Waals surface area contributed by atoms with Gasteiger partial charge in [-0.1, -0.05) is 23.5 Å². The van der Waals surface area contributed by atoms with Crippen LogP contribution in [0, 0.1) is 0 Å². The summed E-state index contributed by atoms with van der Waals surface area (Å²) >= 11 is 3.51. The van der Waals surface area contributed by atoms with E-state index < -0.39 is 0 Å². The Labute approximate surface area is 122 Å². The average molecular weight is 291 g/mol. The lowest BCUT2D eigenvalue weighted by Crippen LogP contribution is -2.15. The number of hydrogen-bond acceptors (Lipinski definition) is 5. The van der Waals surface area contributed by atoms with Gasteiger partial charge in [-0.2, -0.15) is 0 Å². The van der Waals surface area contributed by atoms with E-state index in [0.717, 1.165) is 11.7 Å². The van der Waals surface area contributed by atoms with Gasteiger partial charge in [0.15, 0.2) is 0 Å². The Morgan fingerprint density at radius 3 is 2.63 bits per heavy atom. The largest absolute Gasteiger partial charge is 0.345 e. The normalized spacial score (nSPS) is 14.6. The van der Waals surface area contributed by atoms with Gasteiger partial charge < -0.3 is 4.90 Å². The summed E-state index contributed by atoms with van der Waals surface area (Å²) in [6.07, 6.45) is 4.67. The van der Waals surface area contributed by atoms with Crippen LogP contribution in [0.5, 0.6) is 0 Å². The van der Waals surface area contributed by atoms with Crippen molar-refractivity contribution in [1.82, 2.24) is 10.2 Å². The smallest absolute Gasteiger partial charge is 0.208 e. The zero-order valence-corrected chi connectivity index (χ0v) is 12.8. The summed E-state index contributed by atoms with van der Waals surface area (Å²) in [5, 5.41) is 10.8. The van der Waals surface area contributed by atoms with Crippen molar-refractivity contribution in [2.75, 3.05) is 18.2 Å². The third kappa shape index (κ3) is 3.09. The predicted octanol–water partition coefficient (Wildman–Crippen LogP) is 3.77. The van der Waals surface area contributed by atoms with E-state index in [2.05, 4.69) is 52.7 Å². The molecule has 1 saturated carbocycles. The van der Waals surface area contributed by atoms with Crippen molar-refractivity contribution in [1.29, 1.82) is 0 Å². The average Bonchev–Trinajstić information content (AvgIpc) is 3.17. The Hall–Kier alpha value is -1.07. The fourth-order valence-corrected chi connectivity index (χ4v) is 3.33. The van der Waals surface area contributed by atoms with Gasteiger partial charge in [-0.3, -0.25) is 0 Å². The molecule has 2 aromatic rings. The Bertz CT molecular complexity index is 546. The predicted molar refractivity (Wildman–Crippen MR) is 82.2 cm³/mol. The van der Waals surface area contributed by atoms with E-state index in [4.69, 9.17) is 0 Å². The highest BCUT2D eigenvalue weighted by Crippen LogP contribution is 2.42. The number of aromatic nitrogens is 2. The molecule has 1 fully saturated rings. The van der Waals surface area contributed by atoms with Crippen LogP contribution < -0.4 is 4.90 Å². The topological polar surface area (TPSA) is 29.0 Å². The van der Waals surface area contributed by atoms with Crippen molar-refractivity contribution in [3.8, 4) is 0 Å². The van der Waals surface area contributed by atoms with Crippen molar-refractivity contribution < 1.29 is 0 Å². The molecule has 1 aromatic heterocycles. The van der Waals surface area contributed by atoms with Crippen LogP contribution in [0.15, 0.2) is 29.2 Å². The van der Waals surface area contributed by atoms with Crippen molar-refractivity contribution in [2.45, 2.75) is 30.2 Å². The number of nitrogens with zero attached hydrogens (tertiary/aromatic N) is 3. The molecule has 1 aliphatic rings. The van der Waals surface area contributed by atoms with Crippen LogP contribution in [0.25, 0.3) is 0 Å². The van der Waals surface area contributed by atoms with E-state index in [0.29, 0.717) is 5.92 Å². The molecule has 0 amide bonds. The third-order valence-corrected chi connectivity index (χ3v) is 5.21. The summed E-state index contributed by atoms with van der Waals surface area (Å²) in [4.78, 5) is 3.48. The van der Waals surface area contributed by atoms with Gasteiger partial charge in [0.25, 0.3) is 0 Å². The molecule has 1 aromatic carbocycles. The van der Waals surface area contributed by atoms with Crippen molar-refractivity contribution in [2.24, 2.45) is 0 Å². The second kappa shape index (κ2) is 5.51. The molecule has 0 N–H and O–H groups in total. The minimum Gasteiger partial charge on any atom is -0.345 e. The zero-order valence-electron chi connectivity index (χ0n) is 11.2. The molecule has 1 aliphatic carbocycles. The van der Waals surface area contributed by atoms with E-state index in [9.17, 15) is 0 Å². The Kier molecular flexibility index (Phi) is 3.75. The molecular formula is C14H17N3S2. The number of benzene rings is 1.